The molecule has 0 radical (unpaired) electrons. The van der Waals surface area contributed by atoms with Crippen molar-refractivity contribution in [3.05, 3.63) is 71.5 Å². The van der Waals surface area contributed by atoms with E-state index in [9.17, 15) is 9.59 Å². The molecule has 3 aromatic carbocycles. The van der Waals surface area contributed by atoms with E-state index in [-0.39, 0.29) is 18.2 Å². The first-order chi connectivity index (χ1) is 21.4. The molecule has 0 bridgehead atoms. The topological polar surface area (TPSA) is 126 Å². The maximum absolute atomic E-state index is 13.3. The van der Waals surface area contributed by atoms with E-state index in [1.807, 2.05) is 24.3 Å². The Morgan fingerprint density at radius 2 is 1.57 bits per heavy atom. The van der Waals surface area contributed by atoms with Crippen molar-refractivity contribution in [3.63, 3.8) is 0 Å². The Balaban J connectivity index is 1.43. The zero-order chi connectivity index (χ0) is 31.2. The number of nitrogens with one attached hydrogen (secondary N) is 1. The zero-order valence-electron chi connectivity index (χ0n) is 25.1. The Morgan fingerprint density at radius 1 is 0.841 bits per heavy atom. The molecule has 0 fully saturated rings. The number of anilines is 1. The number of aromatic nitrogens is 3. The summed E-state index contributed by atoms with van der Waals surface area (Å²) < 4.78 is 29.0. The van der Waals surface area contributed by atoms with Gasteiger partial charge in [-0.3, -0.25) is 14.2 Å². The van der Waals surface area contributed by atoms with Gasteiger partial charge < -0.3 is 33.9 Å². The van der Waals surface area contributed by atoms with Crippen LogP contribution in [0.1, 0.15) is 21.7 Å². The van der Waals surface area contributed by atoms with Gasteiger partial charge in [0.25, 0.3) is 5.91 Å². The Labute approximate surface area is 259 Å². The number of rotatable bonds is 12. The Bertz CT molecular complexity index is 1650. The molecule has 0 spiro atoms. The second-order valence-corrected chi connectivity index (χ2v) is 10.5. The van der Waals surface area contributed by atoms with Crippen LogP contribution in [0.3, 0.4) is 0 Å². The molecule has 13 heteroatoms. The van der Waals surface area contributed by atoms with Crippen LogP contribution in [-0.4, -0.2) is 74.4 Å². The number of thioether (sulfide) groups is 1. The van der Waals surface area contributed by atoms with E-state index in [2.05, 4.69) is 15.5 Å². The molecular weight excluding hydrogens is 586 g/mol. The maximum atomic E-state index is 13.3. The van der Waals surface area contributed by atoms with Gasteiger partial charge in [0.05, 0.1) is 53.5 Å². The van der Waals surface area contributed by atoms with E-state index >= 15 is 0 Å². The molecule has 1 aromatic heterocycles. The van der Waals surface area contributed by atoms with Crippen molar-refractivity contribution in [2.75, 3.05) is 52.7 Å². The first-order valence-electron chi connectivity index (χ1n) is 13.7. The second kappa shape index (κ2) is 13.6. The van der Waals surface area contributed by atoms with E-state index in [4.69, 9.17) is 23.7 Å². The predicted octanol–water partition coefficient (Wildman–Crippen LogP) is 3.92. The van der Waals surface area contributed by atoms with Gasteiger partial charge in [0, 0.05) is 23.9 Å². The van der Waals surface area contributed by atoms with Crippen LogP contribution in [0.5, 0.6) is 28.7 Å². The smallest absolute Gasteiger partial charge is 0.251 e. The molecule has 1 N–H and O–H groups in total. The summed E-state index contributed by atoms with van der Waals surface area (Å²) in [7, 11) is 7.58. The number of amides is 2. The minimum atomic E-state index is -0.395. The van der Waals surface area contributed by atoms with E-state index < -0.39 is 5.91 Å². The maximum Gasteiger partial charge on any atom is 0.251 e. The summed E-state index contributed by atoms with van der Waals surface area (Å²) in [5, 5.41) is 12.1. The van der Waals surface area contributed by atoms with Gasteiger partial charge in [-0.1, -0.05) is 30.0 Å². The molecule has 0 unspecified atom stereocenters. The van der Waals surface area contributed by atoms with Gasteiger partial charge in [-0.2, -0.15) is 0 Å². The average Bonchev–Trinajstić information content (AvgIpc) is 3.69. The lowest BCUT2D eigenvalue weighted by molar-refractivity contribution is -0.116. The number of hydrogen-bond donors (Lipinski definition) is 1. The van der Waals surface area contributed by atoms with Crippen LogP contribution in [0.25, 0.3) is 5.69 Å². The van der Waals surface area contributed by atoms with Crippen LogP contribution in [-0.2, 0) is 17.8 Å². The molecular formula is C31H33N5O7S. The minimum absolute atomic E-state index is 0.0108. The molecule has 0 saturated heterocycles. The van der Waals surface area contributed by atoms with E-state index in [1.54, 1.807) is 54.0 Å². The number of fused-ring (bicyclic) bond motifs is 1. The number of carbonyl (C=O) groups excluding carboxylic acids is 2. The summed E-state index contributed by atoms with van der Waals surface area (Å²) >= 11 is 1.25. The highest BCUT2D eigenvalue weighted by atomic mass is 32.2. The van der Waals surface area contributed by atoms with Crippen molar-refractivity contribution in [3.8, 4) is 34.4 Å². The number of hydrogen-bond acceptors (Lipinski definition) is 10. The number of ether oxygens (including phenoxy) is 5. The standard InChI is InChI=1S/C31H33N5O7S/c1-39-21-10-11-24(40-2)23(16-21)36-27(17-32-30(38)20-14-25(41-3)29(43-5)26(15-20)42-4)33-34-31(36)44-18-28(37)35-13-12-19-8-6-7-9-22(19)35/h6-11,14-16H,12-13,17-18H2,1-5H3,(H,32,38). The molecule has 0 aliphatic carbocycles. The van der Waals surface area contributed by atoms with Gasteiger partial charge in [0.1, 0.15) is 11.5 Å². The third-order valence-electron chi connectivity index (χ3n) is 7.17. The highest BCUT2D eigenvalue weighted by molar-refractivity contribution is 7.99. The molecule has 0 atom stereocenters. The minimum Gasteiger partial charge on any atom is -0.497 e. The van der Waals surface area contributed by atoms with Gasteiger partial charge in [0.2, 0.25) is 11.7 Å². The van der Waals surface area contributed by atoms with Gasteiger partial charge >= 0.3 is 0 Å². The van der Waals surface area contributed by atoms with Crippen LogP contribution in [0.15, 0.2) is 59.8 Å². The fourth-order valence-electron chi connectivity index (χ4n) is 5.00. The van der Waals surface area contributed by atoms with Crippen molar-refractivity contribution in [1.29, 1.82) is 0 Å². The third-order valence-corrected chi connectivity index (χ3v) is 8.09. The quantitative estimate of drug-likeness (QED) is 0.233. The van der Waals surface area contributed by atoms with Gasteiger partial charge in [-0.05, 0) is 42.3 Å². The van der Waals surface area contributed by atoms with Crippen LogP contribution in [0, 0.1) is 0 Å². The zero-order valence-corrected chi connectivity index (χ0v) is 25.9. The number of benzene rings is 3. The third kappa shape index (κ3) is 6.09. The Morgan fingerprint density at radius 3 is 2.25 bits per heavy atom. The largest absolute Gasteiger partial charge is 0.497 e. The number of para-hydroxylation sites is 1. The SMILES string of the molecule is COc1ccc(OC)c(-n2c(CNC(=O)c3cc(OC)c(OC)c(OC)c3)nnc2SCC(=O)N2CCc3ccccc32)c1. The molecule has 230 valence electrons. The second-order valence-electron chi connectivity index (χ2n) is 9.58. The van der Waals surface area contributed by atoms with Gasteiger partial charge in [-0.15, -0.1) is 10.2 Å². The summed E-state index contributed by atoms with van der Waals surface area (Å²) in [5.41, 5.74) is 2.98. The summed E-state index contributed by atoms with van der Waals surface area (Å²) in [6.45, 7) is 0.643. The fourth-order valence-corrected chi connectivity index (χ4v) is 5.84. The van der Waals surface area contributed by atoms with Crippen LogP contribution < -0.4 is 33.9 Å². The fraction of sp³-hybridized carbons (Fsp3) is 0.290. The molecule has 5 rings (SSSR count). The van der Waals surface area contributed by atoms with Crippen molar-refractivity contribution in [2.24, 2.45) is 0 Å². The average molecular weight is 620 g/mol. The Hall–Kier alpha value is -4.91. The summed E-state index contributed by atoms with van der Waals surface area (Å²) in [5.74, 6) is 2.32. The highest BCUT2D eigenvalue weighted by Crippen LogP contribution is 2.38. The Kier molecular flexibility index (Phi) is 9.44. The van der Waals surface area contributed by atoms with E-state index in [0.717, 1.165) is 17.7 Å². The van der Waals surface area contributed by atoms with Crippen molar-refractivity contribution in [2.45, 2.75) is 18.1 Å². The molecule has 1 aliphatic heterocycles. The highest BCUT2D eigenvalue weighted by Gasteiger charge is 2.26. The summed E-state index contributed by atoms with van der Waals surface area (Å²) in [6.07, 6.45) is 0.819. The number of methoxy groups -OCH3 is 5. The first kappa shape index (κ1) is 30.5. The predicted molar refractivity (Wildman–Crippen MR) is 165 cm³/mol. The molecule has 1 aliphatic rings. The van der Waals surface area contributed by atoms with Crippen LogP contribution >= 0.6 is 11.8 Å². The molecule has 44 heavy (non-hydrogen) atoms. The lowest BCUT2D eigenvalue weighted by atomic mass is 10.1. The lowest BCUT2D eigenvalue weighted by Crippen LogP contribution is -2.30. The number of carbonyl (C=O) groups is 2. The molecule has 12 nitrogen and oxygen atoms in total. The number of nitrogens with zero attached hydrogens (tertiary/aromatic N) is 4. The lowest BCUT2D eigenvalue weighted by Gasteiger charge is -2.18. The van der Waals surface area contributed by atoms with E-state index in [0.29, 0.717) is 57.5 Å². The molecule has 4 aromatic rings. The molecule has 0 saturated carbocycles. The normalized spacial score (nSPS) is 12.0. The first-order valence-corrected chi connectivity index (χ1v) is 14.7. The monoisotopic (exact) mass is 619 g/mol. The molecule has 2 amide bonds. The summed E-state index contributed by atoms with van der Waals surface area (Å²) in [4.78, 5) is 28.4. The van der Waals surface area contributed by atoms with E-state index in [1.165, 1.54) is 33.1 Å². The van der Waals surface area contributed by atoms with Crippen molar-refractivity contribution in [1.82, 2.24) is 20.1 Å². The van der Waals surface area contributed by atoms with Crippen LogP contribution in [0.4, 0.5) is 5.69 Å². The van der Waals surface area contributed by atoms with Crippen LogP contribution in [0.2, 0.25) is 0 Å². The van der Waals surface area contributed by atoms with Gasteiger partial charge in [-0.25, -0.2) is 0 Å². The van der Waals surface area contributed by atoms with Crippen molar-refractivity contribution >= 4 is 29.3 Å². The summed E-state index contributed by atoms with van der Waals surface area (Å²) in [6, 6.07) is 16.4. The van der Waals surface area contributed by atoms with Crippen molar-refractivity contribution < 1.29 is 33.3 Å². The van der Waals surface area contributed by atoms with Gasteiger partial charge in [0.15, 0.2) is 22.5 Å². The molecule has 2 heterocycles.